The maximum Gasteiger partial charge on any atom is 0.250 e. The van der Waals surface area contributed by atoms with Crippen molar-refractivity contribution in [2.75, 3.05) is 79.9 Å². The molecular formula is C116H144Cl3N7O15S5Si3. The number of aromatic nitrogens is 7. The van der Waals surface area contributed by atoms with Crippen molar-refractivity contribution in [1.29, 1.82) is 0 Å². The van der Waals surface area contributed by atoms with Crippen molar-refractivity contribution in [2.45, 2.75) is 239 Å². The lowest BCUT2D eigenvalue weighted by Crippen LogP contribution is -2.43. The molecule has 0 bridgehead atoms. The number of thioether (sulfide) groups is 5. The second kappa shape index (κ2) is 58.1. The standard InChI is InChI=1S/C24H34ClNO3SSi.C24H35NO3SSi.C21H28ClNO3Si.C18H19NO2S.C15H14ClNO2S.C14H14N2O2S/c1-8-17-10-12-20(26-23(17)28-5)22(27)18-11-13-21(19(25)16-18)30-15-9-14-29-31(6,7)24(2,3)4;1-8-18-12-15-21(25-23(18)27-5)22(26)19-10-13-20(14-11-19)29-17-9-16-28-30(6,7)24(2,3)4;1-8-14-9-11-17(23-20(14)25-5)19(24)15-10-12-18(16(22)13-15)26-27(6,7)21(2,3)4;1-3-12-6-11-16(19-18(12)21-2)17(20)13-4-7-14(8-5-13)22-15-9-10-15;1-9-4-6-12(17-15(9)19-2)14(18)10-5-7-13(20-3)11(16)8-10;1-9-4-6-11(16-14(9)18-2)13(17)10-5-7-12(19-3)15-8-10/h10-13,16H,8-9,14-15H2,1-7H3;10-15H,8-9,16-17H2,1-7H3;9-13H,8H2,1-7H3;4-8,11,15H,3,9-10H2,1-2H3;4-8H,1-3H3;4-8H,1-3H3. The van der Waals surface area contributed by atoms with Crippen LogP contribution in [0.15, 0.2) is 219 Å². The second-order valence-electron chi connectivity index (χ2n) is 39.5. The van der Waals surface area contributed by atoms with Gasteiger partial charge in [0.05, 0.1) is 62.8 Å². The first-order valence-electron chi connectivity index (χ1n) is 49.5. The summed E-state index contributed by atoms with van der Waals surface area (Å²) in [7, 11) is 4.00. The summed E-state index contributed by atoms with van der Waals surface area (Å²) in [5.74, 6) is 4.66. The Kier molecular flexibility index (Phi) is 48.4. The Labute approximate surface area is 921 Å². The van der Waals surface area contributed by atoms with Crippen molar-refractivity contribution in [3.8, 4) is 41.0 Å². The fourth-order valence-corrected chi connectivity index (χ4v) is 21.2. The molecule has 0 atom stereocenters. The number of ketones is 6. The minimum absolute atomic E-state index is 0.0618. The van der Waals surface area contributed by atoms with Crippen LogP contribution in [0.25, 0.3) is 0 Å². The Morgan fingerprint density at radius 2 is 0.658 bits per heavy atom. The molecule has 1 fully saturated rings. The van der Waals surface area contributed by atoms with Crippen molar-refractivity contribution >= 4 is 153 Å². The SMILES string of the molecule is CCc1ccc(C(=O)c2ccc(O[Si](C)(C)C(C)(C)C)c(Cl)c2)nc1OC.CCc1ccc(C(=O)c2ccc(SC3CC3)cc2)nc1OC.CCc1ccc(C(=O)c2ccc(SCCCO[Si](C)(C)C(C)(C)C)c(Cl)c2)nc1OC.CCc1ccc(C(=O)c2ccc(SCCCO[Si](C)(C)C(C)(C)C)cc2)nc1OC.COc1nc(C(=O)c2ccc(SC)c(Cl)c2)ccc1C.COc1nc(C(=O)c2ccc(SC)nc2)ccc1C. The van der Waals surface area contributed by atoms with E-state index in [0.29, 0.717) is 124 Å². The van der Waals surface area contributed by atoms with Crippen LogP contribution >= 0.6 is 93.6 Å². The monoisotopic (exact) mass is 2220 g/mol. The number of aryl methyl sites for hydroxylation is 6. The molecule has 5 aromatic carbocycles. The highest BCUT2D eigenvalue weighted by atomic mass is 35.5. The van der Waals surface area contributed by atoms with Gasteiger partial charge in [-0.25, -0.2) is 34.9 Å². The van der Waals surface area contributed by atoms with Gasteiger partial charge in [0.2, 0.25) is 70.0 Å². The van der Waals surface area contributed by atoms with Crippen molar-refractivity contribution in [1.82, 2.24) is 34.9 Å². The lowest BCUT2D eigenvalue weighted by molar-refractivity contribution is 0.102. The lowest BCUT2D eigenvalue weighted by Gasteiger charge is -2.36. The quantitative estimate of drug-likeness (QED) is 0.0149. The maximum absolute atomic E-state index is 12.9. The third-order valence-corrected chi connectivity index (χ3v) is 45.4. The summed E-state index contributed by atoms with van der Waals surface area (Å²) in [5.41, 5.74) is 11.3. The second-order valence-corrected chi connectivity index (χ2v) is 60.4. The van der Waals surface area contributed by atoms with Gasteiger partial charge in [-0.3, -0.25) is 28.8 Å². The predicted molar refractivity (Wildman–Crippen MR) is 621 cm³/mol. The van der Waals surface area contributed by atoms with Crippen molar-refractivity contribution in [2.24, 2.45) is 0 Å². The number of pyridine rings is 7. The Morgan fingerprint density at radius 1 is 0.349 bits per heavy atom. The molecule has 149 heavy (non-hydrogen) atoms. The van der Waals surface area contributed by atoms with Gasteiger partial charge in [0.25, 0.3) is 8.32 Å². The molecule has 1 saturated carbocycles. The molecule has 7 aromatic heterocycles. The molecule has 0 amide bonds. The number of carbonyl (C=O) groups is 6. The van der Waals surface area contributed by atoms with Crippen molar-refractivity contribution in [3.63, 3.8) is 0 Å². The predicted octanol–water partition coefficient (Wildman–Crippen LogP) is 30.2. The molecule has 1 aliphatic rings. The molecule has 33 heteroatoms. The Morgan fingerprint density at radius 3 is 0.973 bits per heavy atom. The van der Waals surface area contributed by atoms with E-state index in [9.17, 15) is 28.8 Å². The van der Waals surface area contributed by atoms with Crippen molar-refractivity contribution < 1.29 is 70.5 Å². The Bertz CT molecular complexity index is 6540. The van der Waals surface area contributed by atoms with E-state index in [0.717, 1.165) is 122 Å². The highest BCUT2D eigenvalue weighted by molar-refractivity contribution is 8.00. The summed E-state index contributed by atoms with van der Waals surface area (Å²) in [6.07, 6.45) is 13.3. The molecule has 796 valence electrons. The van der Waals surface area contributed by atoms with Crippen LogP contribution in [0.1, 0.15) is 245 Å². The Balaban J connectivity index is 0.000000220. The van der Waals surface area contributed by atoms with E-state index in [1.165, 1.54) is 36.6 Å². The normalized spacial score (nSPS) is 11.9. The first kappa shape index (κ1) is 124. The highest BCUT2D eigenvalue weighted by Gasteiger charge is 2.41. The largest absolute Gasteiger partial charge is 0.543 e. The molecule has 0 aliphatic heterocycles. The van der Waals surface area contributed by atoms with E-state index in [2.05, 4.69) is 136 Å². The topological polar surface area (TPSA) is 276 Å². The number of ether oxygens (including phenoxy) is 6. The van der Waals surface area contributed by atoms with Gasteiger partial charge in [-0.2, -0.15) is 0 Å². The molecule has 0 radical (unpaired) electrons. The zero-order valence-corrected chi connectivity index (χ0v) is 101. The van der Waals surface area contributed by atoms with E-state index < -0.39 is 25.0 Å². The first-order valence-corrected chi connectivity index (χ1v) is 64.7. The zero-order chi connectivity index (χ0) is 110. The number of rotatable bonds is 40. The van der Waals surface area contributed by atoms with E-state index in [-0.39, 0.29) is 49.8 Å². The average Bonchev–Trinajstić information content (AvgIpc) is 1.60. The van der Waals surface area contributed by atoms with Gasteiger partial charge in [0.1, 0.15) is 39.9 Å². The lowest BCUT2D eigenvalue weighted by atomic mass is 10.1. The van der Waals surface area contributed by atoms with E-state index in [1.54, 1.807) is 156 Å². The van der Waals surface area contributed by atoms with Crippen LogP contribution < -0.4 is 32.8 Å². The van der Waals surface area contributed by atoms with Crippen molar-refractivity contribution in [3.05, 3.63) is 310 Å². The molecule has 0 saturated heterocycles. The Hall–Kier alpha value is -10.0. The van der Waals surface area contributed by atoms with E-state index in [1.807, 2.05) is 175 Å². The number of hydrogen-bond donors (Lipinski definition) is 0. The summed E-state index contributed by atoms with van der Waals surface area (Å²) in [6.45, 7) is 46.9. The van der Waals surface area contributed by atoms with E-state index in [4.69, 9.17) is 76.5 Å². The fourth-order valence-electron chi connectivity index (χ4n) is 13.4. The average molecular weight is 2230 g/mol. The van der Waals surface area contributed by atoms with Crippen LogP contribution in [-0.4, -0.2) is 180 Å². The van der Waals surface area contributed by atoms with Crippen LogP contribution in [0.3, 0.4) is 0 Å². The number of nitrogens with zero attached hydrogens (tertiary/aromatic N) is 7. The molecular weight excluding hydrogens is 2080 g/mol. The zero-order valence-electron chi connectivity index (χ0n) is 91.5. The maximum atomic E-state index is 12.9. The van der Waals surface area contributed by atoms with Crippen LogP contribution in [0.2, 0.25) is 69.5 Å². The highest BCUT2D eigenvalue weighted by Crippen LogP contribution is 2.44. The minimum atomic E-state index is -2.01. The fraction of sp³-hybridized carbons (Fsp3) is 0.388. The smallest absolute Gasteiger partial charge is 0.250 e. The molecule has 22 nitrogen and oxygen atoms in total. The third kappa shape index (κ3) is 36.1. The van der Waals surface area contributed by atoms with Gasteiger partial charge in [0.15, 0.2) is 16.6 Å². The van der Waals surface area contributed by atoms with Gasteiger partial charge < -0.3 is 41.7 Å². The number of benzene rings is 5. The third-order valence-electron chi connectivity index (χ3n) is 25.8. The molecule has 7 heterocycles. The molecule has 1 aliphatic carbocycles. The van der Waals surface area contributed by atoms with Gasteiger partial charge >= 0.3 is 0 Å². The number of hydrogen-bond acceptors (Lipinski definition) is 27. The van der Waals surface area contributed by atoms with Gasteiger partial charge in [-0.05, 0) is 284 Å². The first-order chi connectivity index (χ1) is 70.5. The molecule has 12 aromatic rings. The summed E-state index contributed by atoms with van der Waals surface area (Å²) in [4.78, 5) is 110. The number of carbonyl (C=O) groups excluding carboxylic acids is 6. The van der Waals surface area contributed by atoms with Gasteiger partial charge in [-0.15, -0.1) is 58.8 Å². The summed E-state index contributed by atoms with van der Waals surface area (Å²) < 4.78 is 50.2. The summed E-state index contributed by atoms with van der Waals surface area (Å²) >= 11 is 27.5. The van der Waals surface area contributed by atoms with Gasteiger partial charge in [0, 0.05) is 123 Å². The summed E-state index contributed by atoms with van der Waals surface area (Å²) in [5, 5.41) is 3.77. The molecule has 0 unspecified atom stereocenters. The molecule has 0 spiro atoms. The molecule has 0 N–H and O–H groups in total. The summed E-state index contributed by atoms with van der Waals surface area (Å²) in [6, 6.07) is 56.6. The number of halogens is 3. The van der Waals surface area contributed by atoms with Crippen LogP contribution in [0.4, 0.5) is 0 Å². The van der Waals surface area contributed by atoms with Gasteiger partial charge in [-0.1, -0.05) is 161 Å². The molecule has 13 rings (SSSR count). The van der Waals surface area contributed by atoms with Crippen LogP contribution in [-0.2, 0) is 34.5 Å². The minimum Gasteiger partial charge on any atom is -0.543 e. The van der Waals surface area contributed by atoms with E-state index >= 15 is 0 Å². The van der Waals surface area contributed by atoms with Crippen LogP contribution in [0, 0.1) is 13.8 Å². The van der Waals surface area contributed by atoms with Crippen LogP contribution in [0.5, 0.6) is 41.0 Å². The number of methoxy groups -OCH3 is 6.